The predicted octanol–water partition coefficient (Wildman–Crippen LogP) is 3.19. The van der Waals surface area contributed by atoms with E-state index >= 15 is 0 Å². The van der Waals surface area contributed by atoms with Gasteiger partial charge in [0.05, 0.1) is 6.61 Å². The van der Waals surface area contributed by atoms with Crippen LogP contribution in [0.1, 0.15) is 47.0 Å². The highest BCUT2D eigenvalue weighted by atomic mass is 19.1. The molecule has 0 spiro atoms. The average Bonchev–Trinajstić information content (AvgIpc) is 2.61. The Hall–Kier alpha value is -1.59. The monoisotopic (exact) mass is 301 g/mol. The van der Waals surface area contributed by atoms with E-state index in [2.05, 4.69) is 4.74 Å². The van der Waals surface area contributed by atoms with Crippen molar-refractivity contribution in [1.82, 2.24) is 4.90 Å². The second kappa shape index (κ2) is 7.43. The molecule has 1 aliphatic rings. The van der Waals surface area contributed by atoms with Gasteiger partial charge in [-0.05, 0) is 52.5 Å². The fraction of sp³-hybridized carbons (Fsp3) is 0.733. The fourth-order valence-electron chi connectivity index (χ4n) is 2.06. The van der Waals surface area contributed by atoms with Gasteiger partial charge in [0.1, 0.15) is 5.60 Å². The molecule has 0 bridgehead atoms. The van der Waals surface area contributed by atoms with Crippen LogP contribution in [0, 0.1) is 0 Å². The van der Waals surface area contributed by atoms with E-state index < -0.39 is 23.5 Å². The number of carbonyl (C=O) groups is 2. The number of amides is 1. The van der Waals surface area contributed by atoms with Crippen LogP contribution in [-0.4, -0.2) is 42.3 Å². The van der Waals surface area contributed by atoms with Crippen molar-refractivity contribution < 1.29 is 23.5 Å². The van der Waals surface area contributed by atoms with E-state index in [1.807, 2.05) is 0 Å². The highest BCUT2D eigenvalue weighted by molar-refractivity contribution is 5.86. The van der Waals surface area contributed by atoms with Crippen molar-refractivity contribution in [2.24, 2.45) is 0 Å². The van der Waals surface area contributed by atoms with Gasteiger partial charge in [-0.25, -0.2) is 9.59 Å². The molecule has 0 N–H and O–H groups in total. The Kier molecular flexibility index (Phi) is 6.18. The molecule has 0 aromatic carbocycles. The lowest BCUT2D eigenvalue weighted by atomic mass is 10.1. The lowest BCUT2D eigenvalue weighted by Crippen LogP contribution is -2.37. The first-order valence-corrected chi connectivity index (χ1v) is 7.27. The summed E-state index contributed by atoms with van der Waals surface area (Å²) in [5.41, 5.74) is -0.141. The topological polar surface area (TPSA) is 55.8 Å². The minimum atomic E-state index is -0.918. The van der Waals surface area contributed by atoms with Gasteiger partial charge in [0.2, 0.25) is 5.83 Å². The SMILES string of the molecule is CCOC(=O)C(F)=C1CCCN(C(=O)OC(C)(C)C)CC1. The number of rotatable bonds is 2. The van der Waals surface area contributed by atoms with Crippen LogP contribution in [0.3, 0.4) is 0 Å². The van der Waals surface area contributed by atoms with E-state index in [0.29, 0.717) is 37.9 Å². The third kappa shape index (κ3) is 5.73. The van der Waals surface area contributed by atoms with Crippen molar-refractivity contribution in [1.29, 1.82) is 0 Å². The summed E-state index contributed by atoms with van der Waals surface area (Å²) < 4.78 is 23.9. The standard InChI is InChI=1S/C15H24FNO4/c1-5-20-13(18)12(16)11-7-6-9-17(10-8-11)14(19)21-15(2,3)4/h5-10H2,1-4H3. The van der Waals surface area contributed by atoms with Crippen molar-refractivity contribution in [3.8, 4) is 0 Å². The van der Waals surface area contributed by atoms with Gasteiger partial charge in [-0.2, -0.15) is 4.39 Å². The number of halogens is 1. The molecule has 0 radical (unpaired) electrons. The largest absolute Gasteiger partial charge is 0.461 e. The molecule has 0 unspecified atom stereocenters. The molecule has 1 amide bonds. The number of nitrogens with zero attached hydrogens (tertiary/aromatic N) is 1. The van der Waals surface area contributed by atoms with Crippen LogP contribution in [0.15, 0.2) is 11.4 Å². The summed E-state index contributed by atoms with van der Waals surface area (Å²) in [4.78, 5) is 24.9. The van der Waals surface area contributed by atoms with Gasteiger partial charge in [-0.3, -0.25) is 0 Å². The summed E-state index contributed by atoms with van der Waals surface area (Å²) in [6, 6.07) is 0. The zero-order valence-corrected chi connectivity index (χ0v) is 13.2. The molecule has 1 heterocycles. The summed E-state index contributed by atoms with van der Waals surface area (Å²) >= 11 is 0. The van der Waals surface area contributed by atoms with Crippen molar-refractivity contribution >= 4 is 12.1 Å². The van der Waals surface area contributed by atoms with E-state index in [1.165, 1.54) is 0 Å². The number of carbonyl (C=O) groups excluding carboxylic acids is 2. The normalized spacial score (nSPS) is 18.8. The number of likely N-dealkylation sites (tertiary alicyclic amines) is 1. The second-order valence-electron chi connectivity index (χ2n) is 5.96. The number of ether oxygens (including phenoxy) is 2. The fourth-order valence-corrected chi connectivity index (χ4v) is 2.06. The number of hydrogen-bond acceptors (Lipinski definition) is 4. The van der Waals surface area contributed by atoms with Crippen molar-refractivity contribution in [3.63, 3.8) is 0 Å². The zero-order valence-electron chi connectivity index (χ0n) is 13.2. The summed E-state index contributed by atoms with van der Waals surface area (Å²) in [6.45, 7) is 8.01. The third-order valence-electron chi connectivity index (χ3n) is 3.01. The Labute approximate surface area is 125 Å². The van der Waals surface area contributed by atoms with Crippen LogP contribution in [0.5, 0.6) is 0 Å². The zero-order chi connectivity index (χ0) is 16.0. The van der Waals surface area contributed by atoms with E-state index in [1.54, 1.807) is 32.6 Å². The molecular formula is C15H24FNO4. The number of hydrogen-bond donors (Lipinski definition) is 0. The van der Waals surface area contributed by atoms with Crippen molar-refractivity contribution in [2.45, 2.75) is 52.6 Å². The van der Waals surface area contributed by atoms with Crippen LogP contribution < -0.4 is 0 Å². The molecule has 21 heavy (non-hydrogen) atoms. The Morgan fingerprint density at radius 2 is 1.90 bits per heavy atom. The molecule has 120 valence electrons. The van der Waals surface area contributed by atoms with Gasteiger partial charge < -0.3 is 14.4 Å². The van der Waals surface area contributed by atoms with E-state index in [0.717, 1.165) is 0 Å². The lowest BCUT2D eigenvalue weighted by molar-refractivity contribution is -0.140. The first-order valence-electron chi connectivity index (χ1n) is 7.27. The van der Waals surface area contributed by atoms with Gasteiger partial charge in [0.25, 0.3) is 0 Å². The van der Waals surface area contributed by atoms with Gasteiger partial charge in [-0.1, -0.05) is 0 Å². The van der Waals surface area contributed by atoms with Gasteiger partial charge >= 0.3 is 12.1 Å². The molecule has 1 saturated heterocycles. The Bertz CT molecular complexity index is 426. The summed E-state index contributed by atoms with van der Waals surface area (Å²) in [6.07, 6.45) is 0.968. The van der Waals surface area contributed by atoms with Crippen LogP contribution in [0.4, 0.5) is 9.18 Å². The maximum Gasteiger partial charge on any atom is 0.410 e. The van der Waals surface area contributed by atoms with Crippen molar-refractivity contribution in [3.05, 3.63) is 11.4 Å². The quantitative estimate of drug-likeness (QED) is 0.580. The van der Waals surface area contributed by atoms with Crippen LogP contribution in [0.2, 0.25) is 0 Å². The highest BCUT2D eigenvalue weighted by Crippen LogP contribution is 2.23. The molecule has 0 aromatic heterocycles. The minimum absolute atomic E-state index is 0.142. The van der Waals surface area contributed by atoms with Crippen LogP contribution in [0.25, 0.3) is 0 Å². The minimum Gasteiger partial charge on any atom is -0.461 e. The van der Waals surface area contributed by atoms with E-state index in [9.17, 15) is 14.0 Å². The summed E-state index contributed by atoms with van der Waals surface area (Å²) in [5, 5.41) is 0. The Balaban J connectivity index is 2.68. The third-order valence-corrected chi connectivity index (χ3v) is 3.01. The molecule has 1 rings (SSSR count). The van der Waals surface area contributed by atoms with E-state index in [-0.39, 0.29) is 6.61 Å². The smallest absolute Gasteiger partial charge is 0.410 e. The summed E-state index contributed by atoms with van der Waals surface area (Å²) in [7, 11) is 0. The molecule has 0 aliphatic carbocycles. The molecule has 1 fully saturated rings. The molecule has 0 atom stereocenters. The van der Waals surface area contributed by atoms with Gasteiger partial charge in [0.15, 0.2) is 0 Å². The number of esters is 1. The maximum atomic E-state index is 13.9. The molecule has 0 saturated carbocycles. The molecule has 5 nitrogen and oxygen atoms in total. The molecule has 1 aliphatic heterocycles. The van der Waals surface area contributed by atoms with Crippen LogP contribution in [-0.2, 0) is 14.3 Å². The lowest BCUT2D eigenvalue weighted by Gasteiger charge is -2.26. The maximum absolute atomic E-state index is 13.9. The van der Waals surface area contributed by atoms with Crippen LogP contribution >= 0.6 is 0 Å². The predicted molar refractivity (Wildman–Crippen MR) is 76.4 cm³/mol. The summed E-state index contributed by atoms with van der Waals surface area (Å²) in [5.74, 6) is -1.74. The average molecular weight is 301 g/mol. The van der Waals surface area contributed by atoms with Crippen molar-refractivity contribution in [2.75, 3.05) is 19.7 Å². The Morgan fingerprint density at radius 3 is 2.48 bits per heavy atom. The Morgan fingerprint density at radius 1 is 1.24 bits per heavy atom. The first-order chi connectivity index (χ1) is 9.74. The van der Waals surface area contributed by atoms with Gasteiger partial charge in [-0.15, -0.1) is 0 Å². The molecule has 6 heteroatoms. The highest BCUT2D eigenvalue weighted by Gasteiger charge is 2.25. The molecule has 0 aromatic rings. The van der Waals surface area contributed by atoms with E-state index in [4.69, 9.17) is 4.74 Å². The second-order valence-corrected chi connectivity index (χ2v) is 5.96. The van der Waals surface area contributed by atoms with Gasteiger partial charge in [0, 0.05) is 13.1 Å². The molecular weight excluding hydrogens is 277 g/mol. The first kappa shape index (κ1) is 17.5.